The molecular formula is C10H19N3O6S. The van der Waals surface area contributed by atoms with E-state index in [9.17, 15) is 18.0 Å². The van der Waals surface area contributed by atoms with Gasteiger partial charge < -0.3 is 14.7 Å². The first-order chi connectivity index (χ1) is 9.05. The quantitative estimate of drug-likeness (QED) is 0.741. The maximum atomic E-state index is 11.8. The average molecular weight is 309 g/mol. The molecule has 9 nitrogen and oxygen atoms in total. The lowest BCUT2D eigenvalue weighted by Crippen LogP contribution is -2.50. The lowest BCUT2D eigenvalue weighted by molar-refractivity contribution is 0.102. The Morgan fingerprint density at radius 3 is 2.50 bits per heavy atom. The summed E-state index contributed by atoms with van der Waals surface area (Å²) in [4.78, 5) is 23.3. The van der Waals surface area contributed by atoms with Crippen molar-refractivity contribution in [3.63, 3.8) is 0 Å². The van der Waals surface area contributed by atoms with Crippen LogP contribution in [0.5, 0.6) is 0 Å². The predicted molar refractivity (Wildman–Crippen MR) is 69.5 cm³/mol. The standard InChI is InChI=1S/C10H19N3O6S/c1-10(2,3)12(8(14)15)5-4-11-20(17,18)13-6-7-19-9(13)16/h11H,4-7H2,1-3H3,(H,14,15). The van der Waals surface area contributed by atoms with E-state index in [1.165, 1.54) is 0 Å². The van der Waals surface area contributed by atoms with Crippen LogP contribution in [0.4, 0.5) is 9.59 Å². The Morgan fingerprint density at radius 1 is 1.50 bits per heavy atom. The summed E-state index contributed by atoms with van der Waals surface area (Å²) in [7, 11) is -3.99. The number of amides is 2. The van der Waals surface area contributed by atoms with Gasteiger partial charge in [0.1, 0.15) is 6.61 Å². The lowest BCUT2D eigenvalue weighted by Gasteiger charge is -2.33. The number of carbonyl (C=O) groups excluding carboxylic acids is 1. The molecule has 0 radical (unpaired) electrons. The summed E-state index contributed by atoms with van der Waals surface area (Å²) in [6, 6.07) is 0. The summed E-state index contributed by atoms with van der Waals surface area (Å²) >= 11 is 0. The maximum Gasteiger partial charge on any atom is 0.424 e. The second-order valence-corrected chi connectivity index (χ2v) is 6.87. The highest BCUT2D eigenvalue weighted by molar-refractivity contribution is 7.87. The van der Waals surface area contributed by atoms with Gasteiger partial charge in [0.2, 0.25) is 0 Å². The highest BCUT2D eigenvalue weighted by Crippen LogP contribution is 2.13. The molecule has 1 aliphatic heterocycles. The molecule has 1 heterocycles. The van der Waals surface area contributed by atoms with Gasteiger partial charge in [-0.1, -0.05) is 0 Å². The van der Waals surface area contributed by atoms with Crippen LogP contribution in [0, 0.1) is 0 Å². The van der Waals surface area contributed by atoms with E-state index in [0.29, 0.717) is 4.31 Å². The van der Waals surface area contributed by atoms with Crippen molar-refractivity contribution in [3.05, 3.63) is 0 Å². The van der Waals surface area contributed by atoms with Gasteiger partial charge in [-0.25, -0.2) is 9.59 Å². The molecule has 0 aliphatic carbocycles. The molecule has 0 spiro atoms. The molecule has 0 aromatic heterocycles. The molecule has 1 saturated heterocycles. The third-order valence-electron chi connectivity index (χ3n) is 2.67. The van der Waals surface area contributed by atoms with Gasteiger partial charge in [0.15, 0.2) is 0 Å². The Morgan fingerprint density at radius 2 is 2.10 bits per heavy atom. The highest BCUT2D eigenvalue weighted by atomic mass is 32.2. The predicted octanol–water partition coefficient (Wildman–Crippen LogP) is 0.0515. The molecule has 0 aromatic rings. The Balaban J connectivity index is 2.59. The number of nitrogens with one attached hydrogen (secondary N) is 1. The highest BCUT2D eigenvalue weighted by Gasteiger charge is 2.33. The van der Waals surface area contributed by atoms with Crippen LogP contribution in [0.3, 0.4) is 0 Å². The van der Waals surface area contributed by atoms with Crippen molar-refractivity contribution in [1.82, 2.24) is 13.9 Å². The monoisotopic (exact) mass is 309 g/mol. The molecule has 1 rings (SSSR count). The van der Waals surface area contributed by atoms with Crippen molar-refractivity contribution in [1.29, 1.82) is 0 Å². The molecular weight excluding hydrogens is 290 g/mol. The summed E-state index contributed by atoms with van der Waals surface area (Å²) in [6.45, 7) is 4.92. The summed E-state index contributed by atoms with van der Waals surface area (Å²) in [5.41, 5.74) is -0.649. The third kappa shape index (κ3) is 3.97. The normalized spacial score (nSPS) is 16.1. The molecule has 0 aromatic carbocycles. The first kappa shape index (κ1) is 16.5. The topological polar surface area (TPSA) is 116 Å². The van der Waals surface area contributed by atoms with E-state index in [-0.39, 0.29) is 26.2 Å². The van der Waals surface area contributed by atoms with E-state index < -0.39 is 27.9 Å². The number of carbonyl (C=O) groups is 2. The number of ether oxygens (including phenoxy) is 1. The van der Waals surface area contributed by atoms with Crippen molar-refractivity contribution in [2.24, 2.45) is 0 Å². The van der Waals surface area contributed by atoms with Gasteiger partial charge in [-0.15, -0.1) is 0 Å². The third-order valence-corrected chi connectivity index (χ3v) is 4.16. The lowest BCUT2D eigenvalue weighted by atomic mass is 10.1. The minimum Gasteiger partial charge on any atom is -0.465 e. The summed E-state index contributed by atoms with van der Waals surface area (Å²) in [5, 5.41) is 9.06. The fourth-order valence-electron chi connectivity index (χ4n) is 1.68. The smallest absolute Gasteiger partial charge is 0.424 e. The van der Waals surface area contributed by atoms with E-state index in [0.717, 1.165) is 4.90 Å². The van der Waals surface area contributed by atoms with Gasteiger partial charge in [0.05, 0.1) is 6.54 Å². The zero-order valence-electron chi connectivity index (χ0n) is 11.6. The number of hydrogen-bond donors (Lipinski definition) is 2. The Kier molecular flexibility index (Phi) is 4.81. The van der Waals surface area contributed by atoms with Crippen molar-refractivity contribution >= 4 is 22.4 Å². The van der Waals surface area contributed by atoms with Crippen molar-refractivity contribution < 1.29 is 27.9 Å². The molecule has 20 heavy (non-hydrogen) atoms. The fourth-order valence-corrected chi connectivity index (χ4v) is 2.75. The van der Waals surface area contributed by atoms with E-state index in [4.69, 9.17) is 5.11 Å². The molecule has 0 saturated carbocycles. The van der Waals surface area contributed by atoms with E-state index >= 15 is 0 Å². The Labute approximate surface area is 117 Å². The first-order valence-electron chi connectivity index (χ1n) is 6.00. The second kappa shape index (κ2) is 5.83. The number of nitrogens with zero attached hydrogens (tertiary/aromatic N) is 2. The molecule has 1 fully saturated rings. The fraction of sp³-hybridized carbons (Fsp3) is 0.800. The van der Waals surface area contributed by atoms with Crippen LogP contribution >= 0.6 is 0 Å². The molecule has 2 N–H and O–H groups in total. The van der Waals surface area contributed by atoms with Crippen LogP contribution in [0.2, 0.25) is 0 Å². The minimum atomic E-state index is -3.99. The molecule has 0 atom stereocenters. The van der Waals surface area contributed by atoms with Gasteiger partial charge in [-0.3, -0.25) is 0 Å². The summed E-state index contributed by atoms with van der Waals surface area (Å²) in [5.74, 6) is 0. The van der Waals surface area contributed by atoms with E-state index in [2.05, 4.69) is 9.46 Å². The molecule has 0 unspecified atom stereocenters. The zero-order chi connectivity index (χ0) is 15.6. The average Bonchev–Trinajstić information content (AvgIpc) is 2.69. The first-order valence-corrected chi connectivity index (χ1v) is 7.44. The molecule has 116 valence electrons. The van der Waals surface area contributed by atoms with E-state index in [1.54, 1.807) is 20.8 Å². The van der Waals surface area contributed by atoms with Crippen molar-refractivity contribution in [2.75, 3.05) is 26.2 Å². The number of cyclic esters (lactones) is 1. The Hall–Kier alpha value is -1.55. The van der Waals surface area contributed by atoms with Gasteiger partial charge >= 0.3 is 22.4 Å². The molecule has 10 heteroatoms. The van der Waals surface area contributed by atoms with Crippen LogP contribution in [0.15, 0.2) is 0 Å². The summed E-state index contributed by atoms with van der Waals surface area (Å²) < 4.78 is 30.9. The molecule has 1 aliphatic rings. The SMILES string of the molecule is CC(C)(C)N(CCNS(=O)(=O)N1CCOC1=O)C(=O)O. The van der Waals surface area contributed by atoms with Gasteiger partial charge in [-0.2, -0.15) is 17.4 Å². The Bertz CT molecular complexity index is 484. The van der Waals surface area contributed by atoms with Crippen molar-refractivity contribution in [3.8, 4) is 0 Å². The number of rotatable bonds is 5. The molecule has 2 amide bonds. The second-order valence-electron chi connectivity index (χ2n) is 5.19. The van der Waals surface area contributed by atoms with Crippen LogP contribution in [0.1, 0.15) is 20.8 Å². The minimum absolute atomic E-state index is 0.0169. The number of hydrogen-bond acceptors (Lipinski definition) is 5. The van der Waals surface area contributed by atoms with Gasteiger partial charge in [0, 0.05) is 18.6 Å². The number of carboxylic acid groups (broad SMARTS) is 1. The van der Waals surface area contributed by atoms with Gasteiger partial charge in [0.25, 0.3) is 0 Å². The van der Waals surface area contributed by atoms with Crippen LogP contribution in [0.25, 0.3) is 0 Å². The maximum absolute atomic E-state index is 11.8. The zero-order valence-corrected chi connectivity index (χ0v) is 12.4. The molecule has 0 bridgehead atoms. The van der Waals surface area contributed by atoms with Crippen LogP contribution in [-0.4, -0.2) is 66.7 Å². The van der Waals surface area contributed by atoms with Crippen LogP contribution in [-0.2, 0) is 14.9 Å². The van der Waals surface area contributed by atoms with Crippen molar-refractivity contribution in [2.45, 2.75) is 26.3 Å². The summed E-state index contributed by atoms with van der Waals surface area (Å²) in [6.07, 6.45) is -2.07. The van der Waals surface area contributed by atoms with Crippen LogP contribution < -0.4 is 4.72 Å². The van der Waals surface area contributed by atoms with Gasteiger partial charge in [-0.05, 0) is 20.8 Å². The van der Waals surface area contributed by atoms with E-state index in [1.807, 2.05) is 0 Å². The largest absolute Gasteiger partial charge is 0.465 e.